The van der Waals surface area contributed by atoms with E-state index in [-0.39, 0.29) is 12.6 Å². The third-order valence-corrected chi connectivity index (χ3v) is 5.11. The number of carbonyl (C=O) groups excluding carboxylic acids is 2. The number of para-hydroxylation sites is 2. The molecule has 1 aliphatic heterocycles. The first kappa shape index (κ1) is 18.8. The second-order valence-corrected chi connectivity index (χ2v) is 6.98. The molecule has 3 aromatic rings. The average Bonchev–Trinajstić information content (AvgIpc) is 2.97. The molecule has 0 unspecified atom stereocenters. The first-order chi connectivity index (χ1) is 14.1. The predicted octanol–water partition coefficient (Wildman–Crippen LogP) is 4.47. The number of carbonyl (C=O) groups is 2. The van der Waals surface area contributed by atoms with Gasteiger partial charge in [-0.05, 0) is 43.5 Å². The van der Waals surface area contributed by atoms with Crippen LogP contribution in [0.2, 0.25) is 0 Å². The Balaban J connectivity index is 1.72. The molecule has 1 aromatic heterocycles. The van der Waals surface area contributed by atoms with Gasteiger partial charge in [-0.1, -0.05) is 36.4 Å². The van der Waals surface area contributed by atoms with Crippen molar-refractivity contribution in [2.45, 2.75) is 20.3 Å². The number of anilines is 1. The summed E-state index contributed by atoms with van der Waals surface area (Å²) in [4.78, 5) is 30.5. The Labute approximate surface area is 169 Å². The van der Waals surface area contributed by atoms with Crippen molar-refractivity contribution in [3.8, 4) is 0 Å². The van der Waals surface area contributed by atoms with Gasteiger partial charge in [-0.2, -0.15) is 0 Å². The van der Waals surface area contributed by atoms with E-state index in [1.165, 1.54) is 0 Å². The minimum Gasteiger partial charge on any atom is -0.462 e. The number of ether oxygens (including phenoxy) is 1. The third kappa shape index (κ3) is 3.61. The van der Waals surface area contributed by atoms with Gasteiger partial charge >= 0.3 is 12.0 Å². The molecule has 6 heteroatoms. The van der Waals surface area contributed by atoms with E-state index < -0.39 is 5.97 Å². The Kier molecular flexibility index (Phi) is 5.08. The van der Waals surface area contributed by atoms with Crippen molar-refractivity contribution in [1.29, 1.82) is 0 Å². The Morgan fingerprint density at radius 2 is 1.90 bits per heavy atom. The summed E-state index contributed by atoms with van der Waals surface area (Å²) in [6, 6.07) is 15.2. The molecule has 6 nitrogen and oxygen atoms in total. The van der Waals surface area contributed by atoms with Crippen LogP contribution in [0.15, 0.2) is 54.7 Å². The maximum Gasteiger partial charge on any atom is 0.341 e. The maximum atomic E-state index is 12.9. The molecule has 0 aliphatic carbocycles. The van der Waals surface area contributed by atoms with Crippen LogP contribution in [0.4, 0.5) is 10.5 Å². The van der Waals surface area contributed by atoms with Gasteiger partial charge in [0.25, 0.3) is 0 Å². The normalized spacial score (nSPS) is 13.4. The van der Waals surface area contributed by atoms with Crippen LogP contribution < -0.4 is 5.32 Å². The summed E-state index contributed by atoms with van der Waals surface area (Å²) >= 11 is 0. The van der Waals surface area contributed by atoms with Crippen molar-refractivity contribution in [2.75, 3.05) is 18.5 Å². The molecule has 2 amide bonds. The zero-order valence-electron chi connectivity index (χ0n) is 16.5. The lowest BCUT2D eigenvalue weighted by Gasteiger charge is -2.19. The highest BCUT2D eigenvalue weighted by Crippen LogP contribution is 2.31. The first-order valence-corrected chi connectivity index (χ1v) is 9.70. The van der Waals surface area contributed by atoms with Crippen LogP contribution in [0, 0.1) is 6.92 Å². The highest BCUT2D eigenvalue weighted by Gasteiger charge is 2.27. The number of rotatable bonds is 3. The smallest absolute Gasteiger partial charge is 0.341 e. The Morgan fingerprint density at radius 3 is 2.69 bits per heavy atom. The number of H-pyrrole nitrogens is 1. The molecule has 0 spiro atoms. The van der Waals surface area contributed by atoms with Gasteiger partial charge in [-0.25, -0.2) is 9.59 Å². The van der Waals surface area contributed by atoms with E-state index >= 15 is 0 Å². The van der Waals surface area contributed by atoms with E-state index in [0.29, 0.717) is 18.5 Å². The topological polar surface area (TPSA) is 74.4 Å². The number of nitrogens with zero attached hydrogens (tertiary/aromatic N) is 1. The van der Waals surface area contributed by atoms with Crippen molar-refractivity contribution in [3.05, 3.63) is 71.6 Å². The largest absolute Gasteiger partial charge is 0.462 e. The first-order valence-electron chi connectivity index (χ1n) is 9.70. The zero-order valence-corrected chi connectivity index (χ0v) is 16.5. The Morgan fingerprint density at radius 1 is 1.14 bits per heavy atom. The van der Waals surface area contributed by atoms with Crippen LogP contribution in [0.1, 0.15) is 23.7 Å². The summed E-state index contributed by atoms with van der Waals surface area (Å²) in [5, 5.41) is 3.99. The molecule has 0 atom stereocenters. The molecule has 0 saturated carbocycles. The van der Waals surface area contributed by atoms with Gasteiger partial charge in [-0.15, -0.1) is 0 Å². The lowest BCUT2D eigenvalue weighted by atomic mass is 10.0. The lowest BCUT2D eigenvalue weighted by molar-refractivity contribution is -0.136. The molecule has 29 heavy (non-hydrogen) atoms. The van der Waals surface area contributed by atoms with E-state index in [4.69, 9.17) is 4.74 Å². The second kappa shape index (κ2) is 7.83. The fourth-order valence-corrected chi connectivity index (χ4v) is 3.63. The number of aromatic amines is 1. The number of urea groups is 1. The highest BCUT2D eigenvalue weighted by atomic mass is 16.5. The fraction of sp³-hybridized carbons (Fsp3) is 0.217. The molecule has 2 heterocycles. The molecule has 2 aromatic carbocycles. The number of aromatic nitrogens is 1. The van der Waals surface area contributed by atoms with E-state index in [2.05, 4.69) is 10.3 Å². The third-order valence-electron chi connectivity index (χ3n) is 5.11. The second-order valence-electron chi connectivity index (χ2n) is 6.98. The van der Waals surface area contributed by atoms with Crippen molar-refractivity contribution in [1.82, 2.24) is 9.88 Å². The Bertz CT molecular complexity index is 1110. The standard InChI is InChI=1S/C23H23N3O3/c1-3-29-22(27)18-14-26(23(28)25-19-10-6-4-8-15(19)2)13-12-17-16-9-5-7-11-20(16)24-21(17)18/h4-11,14,24H,3,12-13H2,1-2H3,(H,25,28). The van der Waals surface area contributed by atoms with E-state index in [1.807, 2.05) is 55.5 Å². The molecule has 4 rings (SSSR count). The summed E-state index contributed by atoms with van der Waals surface area (Å²) in [5.41, 5.74) is 4.78. The van der Waals surface area contributed by atoms with E-state index in [0.717, 1.165) is 33.4 Å². The van der Waals surface area contributed by atoms with Crippen LogP contribution in [0.5, 0.6) is 0 Å². The SMILES string of the molecule is CCOC(=O)C1=CN(C(=O)Nc2ccccc2C)CCc2c1[nH]c1ccccc21. The number of hydrogen-bond acceptors (Lipinski definition) is 3. The molecular weight excluding hydrogens is 366 g/mol. The Hall–Kier alpha value is -3.54. The summed E-state index contributed by atoms with van der Waals surface area (Å²) in [6.07, 6.45) is 2.22. The van der Waals surface area contributed by atoms with Crippen molar-refractivity contribution >= 4 is 34.2 Å². The lowest BCUT2D eigenvalue weighted by Crippen LogP contribution is -2.32. The summed E-state index contributed by atoms with van der Waals surface area (Å²) in [7, 11) is 0. The maximum absolute atomic E-state index is 12.9. The van der Waals surface area contributed by atoms with Crippen LogP contribution in [-0.4, -0.2) is 35.0 Å². The van der Waals surface area contributed by atoms with Gasteiger partial charge in [0.2, 0.25) is 0 Å². The van der Waals surface area contributed by atoms with E-state index in [1.54, 1.807) is 18.0 Å². The molecular formula is C23H23N3O3. The van der Waals surface area contributed by atoms with Gasteiger partial charge in [-0.3, -0.25) is 4.90 Å². The summed E-state index contributed by atoms with van der Waals surface area (Å²) < 4.78 is 5.27. The average molecular weight is 389 g/mol. The number of benzene rings is 2. The van der Waals surface area contributed by atoms with Crippen LogP contribution in [0.3, 0.4) is 0 Å². The number of amides is 2. The number of hydrogen-bond donors (Lipinski definition) is 2. The summed E-state index contributed by atoms with van der Waals surface area (Å²) in [6.45, 7) is 4.43. The minimum absolute atomic E-state index is 0.265. The summed E-state index contributed by atoms with van der Waals surface area (Å²) in [5.74, 6) is -0.448. The van der Waals surface area contributed by atoms with Crippen LogP contribution >= 0.6 is 0 Å². The van der Waals surface area contributed by atoms with Crippen LogP contribution in [0.25, 0.3) is 16.5 Å². The molecule has 0 fully saturated rings. The minimum atomic E-state index is -0.448. The van der Waals surface area contributed by atoms with Crippen molar-refractivity contribution < 1.29 is 14.3 Å². The number of fused-ring (bicyclic) bond motifs is 3. The van der Waals surface area contributed by atoms with Gasteiger partial charge in [0.1, 0.15) is 0 Å². The highest BCUT2D eigenvalue weighted by molar-refractivity contribution is 6.18. The van der Waals surface area contributed by atoms with Crippen molar-refractivity contribution in [2.24, 2.45) is 0 Å². The monoisotopic (exact) mass is 389 g/mol. The quantitative estimate of drug-likeness (QED) is 0.649. The molecule has 0 saturated heterocycles. The number of nitrogens with one attached hydrogen (secondary N) is 2. The van der Waals surface area contributed by atoms with Gasteiger partial charge in [0, 0.05) is 29.3 Å². The number of aryl methyl sites for hydroxylation is 1. The predicted molar refractivity (Wildman–Crippen MR) is 114 cm³/mol. The number of esters is 1. The van der Waals surface area contributed by atoms with Crippen LogP contribution in [-0.2, 0) is 16.0 Å². The molecule has 1 aliphatic rings. The fourth-order valence-electron chi connectivity index (χ4n) is 3.63. The molecule has 2 N–H and O–H groups in total. The van der Waals surface area contributed by atoms with Crippen molar-refractivity contribution in [3.63, 3.8) is 0 Å². The van der Waals surface area contributed by atoms with Gasteiger partial charge < -0.3 is 15.0 Å². The molecule has 148 valence electrons. The van der Waals surface area contributed by atoms with Gasteiger partial charge in [0.05, 0.1) is 17.9 Å². The van der Waals surface area contributed by atoms with Gasteiger partial charge in [0.15, 0.2) is 0 Å². The zero-order chi connectivity index (χ0) is 20.4. The van der Waals surface area contributed by atoms with E-state index in [9.17, 15) is 9.59 Å². The molecule has 0 bridgehead atoms. The molecule has 0 radical (unpaired) electrons.